The van der Waals surface area contributed by atoms with Crippen LogP contribution in [0, 0.1) is 6.92 Å². The monoisotopic (exact) mass is 494 g/mol. The Bertz CT molecular complexity index is 1190. The second-order valence-corrected chi connectivity index (χ2v) is 8.14. The highest BCUT2D eigenvalue weighted by Gasteiger charge is 2.38. The van der Waals surface area contributed by atoms with Gasteiger partial charge in [-0.25, -0.2) is 4.79 Å². The fourth-order valence-corrected chi connectivity index (χ4v) is 3.46. The molecule has 3 aromatic rings. The smallest absolute Gasteiger partial charge is 0.490 e. The van der Waals surface area contributed by atoms with Gasteiger partial charge in [0.2, 0.25) is 5.82 Å². The second kappa shape index (κ2) is 10.3. The van der Waals surface area contributed by atoms with Gasteiger partial charge in [-0.2, -0.15) is 18.2 Å². The second-order valence-electron chi connectivity index (χ2n) is 8.14. The summed E-state index contributed by atoms with van der Waals surface area (Å²) in [5.74, 6) is -0.530. The number of pyridine rings is 1. The Morgan fingerprint density at radius 1 is 1.20 bits per heavy atom. The first kappa shape index (κ1) is 25.9. The van der Waals surface area contributed by atoms with Crippen LogP contribution in [0.5, 0.6) is 11.5 Å². The van der Waals surface area contributed by atoms with E-state index in [1.165, 1.54) is 11.1 Å². The van der Waals surface area contributed by atoms with E-state index in [2.05, 4.69) is 20.4 Å². The molecule has 2 N–H and O–H groups in total. The van der Waals surface area contributed by atoms with Gasteiger partial charge in [-0.15, -0.1) is 0 Å². The molecule has 0 saturated carbocycles. The fourth-order valence-electron chi connectivity index (χ4n) is 3.46. The van der Waals surface area contributed by atoms with E-state index in [1.807, 2.05) is 51.2 Å². The van der Waals surface area contributed by atoms with Gasteiger partial charge in [-0.3, -0.25) is 4.98 Å². The first-order valence-electron chi connectivity index (χ1n) is 10.6. The number of ether oxygens (including phenoxy) is 2. The number of aryl methyl sites for hydroxylation is 1. The van der Waals surface area contributed by atoms with Crippen molar-refractivity contribution in [1.29, 1.82) is 0 Å². The normalized spacial score (nSPS) is 13.3. The van der Waals surface area contributed by atoms with Gasteiger partial charge in [0.05, 0.1) is 7.11 Å². The van der Waals surface area contributed by atoms with Crippen molar-refractivity contribution in [3.05, 3.63) is 53.2 Å². The molecule has 9 nitrogen and oxygen atoms in total. The Kier molecular flexibility index (Phi) is 7.64. The third-order valence-corrected chi connectivity index (χ3v) is 5.17. The largest absolute Gasteiger partial charge is 0.493 e. The molecule has 0 amide bonds. The lowest BCUT2D eigenvalue weighted by Gasteiger charge is -2.23. The van der Waals surface area contributed by atoms with E-state index in [0.29, 0.717) is 23.2 Å². The number of nitrogens with one attached hydrogen (secondary N) is 1. The number of halogens is 3. The van der Waals surface area contributed by atoms with Crippen LogP contribution in [0.15, 0.2) is 35.0 Å². The van der Waals surface area contributed by atoms with E-state index < -0.39 is 17.7 Å². The molecule has 0 saturated heterocycles. The highest BCUT2D eigenvalue weighted by Crippen LogP contribution is 2.35. The zero-order valence-electron chi connectivity index (χ0n) is 19.6. The van der Waals surface area contributed by atoms with Crippen LogP contribution in [0.25, 0.3) is 11.4 Å². The molecule has 0 fully saturated rings. The molecule has 188 valence electrons. The van der Waals surface area contributed by atoms with Crippen molar-refractivity contribution < 1.29 is 37.1 Å². The molecule has 0 unspecified atom stereocenters. The predicted octanol–water partition coefficient (Wildman–Crippen LogP) is 4.04. The van der Waals surface area contributed by atoms with E-state index in [9.17, 15) is 13.2 Å². The molecular formula is C23H25F3N4O5. The number of benzene rings is 1. The van der Waals surface area contributed by atoms with Gasteiger partial charge >= 0.3 is 12.1 Å². The summed E-state index contributed by atoms with van der Waals surface area (Å²) >= 11 is 0. The van der Waals surface area contributed by atoms with Crippen LogP contribution in [0.2, 0.25) is 0 Å². The minimum absolute atomic E-state index is 0.402. The van der Waals surface area contributed by atoms with Crippen LogP contribution in [-0.2, 0) is 23.4 Å². The average Bonchev–Trinajstić information content (AvgIpc) is 3.30. The molecule has 0 aliphatic carbocycles. The van der Waals surface area contributed by atoms with Crippen molar-refractivity contribution in [2.75, 3.05) is 13.7 Å². The summed E-state index contributed by atoms with van der Waals surface area (Å²) in [5.41, 5.74) is 3.46. The fraction of sp³-hybridized carbons (Fsp3) is 0.391. The molecule has 4 rings (SSSR count). The molecule has 1 aliphatic rings. The number of aromatic nitrogens is 3. The molecule has 1 aliphatic heterocycles. The third-order valence-electron chi connectivity index (χ3n) is 5.17. The van der Waals surface area contributed by atoms with E-state index in [-0.39, 0.29) is 0 Å². The van der Waals surface area contributed by atoms with Crippen molar-refractivity contribution in [2.24, 2.45) is 0 Å². The summed E-state index contributed by atoms with van der Waals surface area (Å²) in [6.07, 6.45) is -2.24. The van der Waals surface area contributed by atoms with Crippen LogP contribution in [0.4, 0.5) is 13.2 Å². The maximum absolute atomic E-state index is 10.6. The van der Waals surface area contributed by atoms with Crippen molar-refractivity contribution in [3.63, 3.8) is 0 Å². The van der Waals surface area contributed by atoms with Crippen LogP contribution < -0.4 is 14.8 Å². The van der Waals surface area contributed by atoms with Gasteiger partial charge in [0.1, 0.15) is 0 Å². The van der Waals surface area contributed by atoms with Gasteiger partial charge in [-0.1, -0.05) is 17.3 Å². The number of nitrogens with zero attached hydrogens (tertiary/aromatic N) is 3. The number of hydrogen-bond acceptors (Lipinski definition) is 8. The number of fused-ring (bicyclic) bond motifs is 1. The molecule has 0 bridgehead atoms. The Labute approximate surface area is 199 Å². The minimum Gasteiger partial charge on any atom is -0.493 e. The number of alkyl halides is 3. The molecule has 12 heteroatoms. The first-order chi connectivity index (χ1) is 16.4. The van der Waals surface area contributed by atoms with Crippen molar-refractivity contribution in [3.8, 4) is 22.9 Å². The molecule has 3 heterocycles. The Hall–Kier alpha value is -3.67. The van der Waals surface area contributed by atoms with E-state index in [4.69, 9.17) is 23.9 Å². The SMILES string of the molecule is COc1ccccc1OC(C)(C)c1nc(-c2c(C)ncc3c2CCNC3)no1.O=C(O)C(F)(F)F. The Balaban J connectivity index is 0.000000429. The number of carboxylic acids is 1. The maximum atomic E-state index is 10.6. The zero-order valence-corrected chi connectivity index (χ0v) is 19.6. The molecule has 1 aromatic carbocycles. The zero-order chi connectivity index (χ0) is 25.8. The van der Waals surface area contributed by atoms with Gasteiger partial charge in [-0.05, 0) is 57.0 Å². The van der Waals surface area contributed by atoms with Crippen LogP contribution in [-0.4, -0.2) is 46.0 Å². The topological polar surface area (TPSA) is 120 Å². The number of para-hydroxylation sites is 2. The van der Waals surface area contributed by atoms with E-state index in [1.54, 1.807) is 7.11 Å². The van der Waals surface area contributed by atoms with E-state index in [0.717, 1.165) is 30.8 Å². The molecule has 0 radical (unpaired) electrons. The Morgan fingerprint density at radius 3 is 2.49 bits per heavy atom. The van der Waals surface area contributed by atoms with Crippen LogP contribution >= 0.6 is 0 Å². The summed E-state index contributed by atoms with van der Waals surface area (Å²) < 4.78 is 48.9. The quantitative estimate of drug-likeness (QED) is 0.541. The lowest BCUT2D eigenvalue weighted by molar-refractivity contribution is -0.192. The number of hydrogen-bond donors (Lipinski definition) is 2. The highest BCUT2D eigenvalue weighted by atomic mass is 19.4. The summed E-state index contributed by atoms with van der Waals surface area (Å²) in [5, 5.41) is 14.7. The number of rotatable bonds is 5. The number of aliphatic carboxylic acids is 1. The average molecular weight is 494 g/mol. The standard InChI is InChI=1S/C21H24N4O3.C2HF3O2/c1-13-18(15-9-10-22-11-14(15)12-23-13)19-24-20(28-25-19)21(2,3)27-17-8-6-5-7-16(17)26-4;3-2(4,5)1(6)7/h5-8,12,22H,9-11H2,1-4H3;(H,6,7). The lowest BCUT2D eigenvalue weighted by atomic mass is 9.95. The number of carbonyl (C=O) groups is 1. The number of methoxy groups -OCH3 is 1. The molecule has 0 spiro atoms. The summed E-state index contributed by atoms with van der Waals surface area (Å²) in [4.78, 5) is 18.1. The predicted molar refractivity (Wildman–Crippen MR) is 118 cm³/mol. The van der Waals surface area contributed by atoms with Crippen LogP contribution in [0.1, 0.15) is 36.6 Å². The van der Waals surface area contributed by atoms with Crippen molar-refractivity contribution in [1.82, 2.24) is 20.4 Å². The molecule has 2 aromatic heterocycles. The van der Waals surface area contributed by atoms with Crippen molar-refractivity contribution >= 4 is 5.97 Å². The molecular weight excluding hydrogens is 469 g/mol. The van der Waals surface area contributed by atoms with E-state index >= 15 is 0 Å². The summed E-state index contributed by atoms with van der Waals surface area (Å²) in [7, 11) is 1.61. The van der Waals surface area contributed by atoms with Gasteiger partial charge in [0, 0.05) is 24.0 Å². The summed E-state index contributed by atoms with van der Waals surface area (Å²) in [6, 6.07) is 7.50. The third kappa shape index (κ3) is 6.07. The Morgan fingerprint density at radius 2 is 1.86 bits per heavy atom. The summed E-state index contributed by atoms with van der Waals surface area (Å²) in [6.45, 7) is 7.50. The van der Waals surface area contributed by atoms with Gasteiger partial charge in [0.25, 0.3) is 5.89 Å². The first-order valence-corrected chi connectivity index (χ1v) is 10.6. The minimum atomic E-state index is -5.08. The molecule has 0 atom stereocenters. The molecule has 35 heavy (non-hydrogen) atoms. The van der Waals surface area contributed by atoms with Gasteiger partial charge in [0.15, 0.2) is 17.1 Å². The lowest BCUT2D eigenvalue weighted by Crippen LogP contribution is -2.26. The number of carboxylic acid groups (broad SMARTS) is 1. The maximum Gasteiger partial charge on any atom is 0.490 e. The van der Waals surface area contributed by atoms with Crippen molar-refractivity contribution in [2.45, 2.75) is 45.5 Å². The highest BCUT2D eigenvalue weighted by molar-refractivity contribution is 5.73. The van der Waals surface area contributed by atoms with Crippen LogP contribution in [0.3, 0.4) is 0 Å². The van der Waals surface area contributed by atoms with Gasteiger partial charge < -0.3 is 24.4 Å².